The predicted octanol–water partition coefficient (Wildman–Crippen LogP) is 3.15. The first-order valence-electron chi connectivity index (χ1n) is 6.74. The first-order valence-corrected chi connectivity index (χ1v) is 6.74. The number of anilines is 1. The van der Waals surface area contributed by atoms with Gasteiger partial charge in [0.2, 0.25) is 6.10 Å². The molecule has 0 saturated carbocycles. The van der Waals surface area contributed by atoms with Crippen LogP contribution in [0.4, 0.5) is 5.69 Å². The molecule has 0 bridgehead atoms. The number of nitrogens with one attached hydrogen (secondary N) is 1. The average Bonchev–Trinajstić information content (AvgIpc) is 2.76. The summed E-state index contributed by atoms with van der Waals surface area (Å²) in [7, 11) is 0. The van der Waals surface area contributed by atoms with Crippen molar-refractivity contribution in [3.63, 3.8) is 0 Å². The molecule has 0 radical (unpaired) electrons. The van der Waals surface area contributed by atoms with Gasteiger partial charge in [-0.05, 0) is 43.2 Å². The number of fused-ring (bicyclic) bond motifs is 1. The van der Waals surface area contributed by atoms with Crippen molar-refractivity contribution < 1.29 is 14.3 Å². The molecule has 2 aromatic carbocycles. The molecule has 2 aromatic rings. The number of rotatable bonds is 2. The van der Waals surface area contributed by atoms with Crippen LogP contribution >= 0.6 is 0 Å². The van der Waals surface area contributed by atoms with Crippen LogP contribution < -0.4 is 5.32 Å². The number of hydrogen-bond acceptors (Lipinski definition) is 3. The molecule has 1 heterocycles. The fraction of sp³-hybridized carbons (Fsp3) is 0.176. The van der Waals surface area contributed by atoms with E-state index in [2.05, 4.69) is 5.32 Å². The van der Waals surface area contributed by atoms with Crippen molar-refractivity contribution in [2.75, 3.05) is 5.32 Å². The van der Waals surface area contributed by atoms with E-state index in [9.17, 15) is 9.59 Å². The van der Waals surface area contributed by atoms with Crippen molar-refractivity contribution in [2.24, 2.45) is 0 Å². The van der Waals surface area contributed by atoms with Crippen LogP contribution in [-0.2, 0) is 9.53 Å². The summed E-state index contributed by atoms with van der Waals surface area (Å²) in [6.07, 6.45) is -0.881. The third-order valence-corrected chi connectivity index (χ3v) is 3.52. The third-order valence-electron chi connectivity index (χ3n) is 3.52. The minimum Gasteiger partial charge on any atom is -0.444 e. The highest BCUT2D eigenvalue weighted by molar-refractivity contribution is 6.04. The largest absolute Gasteiger partial charge is 0.444 e. The maximum Gasteiger partial charge on any atom is 0.339 e. The topological polar surface area (TPSA) is 55.4 Å². The first-order chi connectivity index (χ1) is 10.1. The Kier molecular flexibility index (Phi) is 3.22. The normalized spacial score (nSPS) is 16.3. The van der Waals surface area contributed by atoms with Gasteiger partial charge in [-0.2, -0.15) is 0 Å². The number of carbonyl (C=O) groups is 2. The van der Waals surface area contributed by atoms with Crippen molar-refractivity contribution >= 4 is 17.6 Å². The van der Waals surface area contributed by atoms with E-state index in [1.54, 1.807) is 24.3 Å². The summed E-state index contributed by atoms with van der Waals surface area (Å²) in [5.41, 5.74) is 3.90. The Bertz CT molecular complexity index is 722. The number of ether oxygens (including phenoxy) is 1. The first kappa shape index (κ1) is 13.4. The van der Waals surface area contributed by atoms with Crippen molar-refractivity contribution in [3.8, 4) is 0 Å². The SMILES string of the molecule is Cc1cc(C)c2c(c1)NC(=O)C2OC(=O)c1ccccc1. The number of aryl methyl sites for hydroxylation is 2. The van der Waals surface area contributed by atoms with Crippen LogP contribution in [0, 0.1) is 13.8 Å². The lowest BCUT2D eigenvalue weighted by Gasteiger charge is -2.13. The molecule has 106 valence electrons. The van der Waals surface area contributed by atoms with E-state index in [1.807, 2.05) is 32.0 Å². The van der Waals surface area contributed by atoms with E-state index < -0.39 is 12.1 Å². The summed E-state index contributed by atoms with van der Waals surface area (Å²) in [5.74, 6) is -0.799. The molecule has 1 unspecified atom stereocenters. The van der Waals surface area contributed by atoms with Gasteiger partial charge in [0.15, 0.2) is 0 Å². The molecule has 3 rings (SSSR count). The summed E-state index contributed by atoms with van der Waals surface area (Å²) >= 11 is 0. The fourth-order valence-corrected chi connectivity index (χ4v) is 2.62. The number of hydrogen-bond donors (Lipinski definition) is 1. The molecule has 4 heteroatoms. The van der Waals surface area contributed by atoms with Gasteiger partial charge < -0.3 is 10.1 Å². The second-order valence-corrected chi connectivity index (χ2v) is 5.18. The lowest BCUT2D eigenvalue weighted by Crippen LogP contribution is -2.19. The molecular formula is C17H15NO3. The molecule has 1 N–H and O–H groups in total. The predicted molar refractivity (Wildman–Crippen MR) is 79.1 cm³/mol. The van der Waals surface area contributed by atoms with Gasteiger partial charge in [-0.1, -0.05) is 24.3 Å². The molecule has 0 aromatic heterocycles. The Morgan fingerprint density at radius 3 is 2.57 bits per heavy atom. The average molecular weight is 281 g/mol. The molecule has 0 spiro atoms. The van der Waals surface area contributed by atoms with Crippen molar-refractivity contribution in [1.29, 1.82) is 0 Å². The van der Waals surface area contributed by atoms with Crippen LogP contribution in [0.3, 0.4) is 0 Å². The molecule has 4 nitrogen and oxygen atoms in total. The zero-order valence-corrected chi connectivity index (χ0v) is 11.8. The molecular weight excluding hydrogens is 266 g/mol. The highest BCUT2D eigenvalue weighted by Gasteiger charge is 2.35. The fourth-order valence-electron chi connectivity index (χ4n) is 2.62. The van der Waals surface area contributed by atoms with E-state index in [0.29, 0.717) is 5.56 Å². The molecule has 1 aliphatic heterocycles. The summed E-state index contributed by atoms with van der Waals surface area (Å²) in [5, 5.41) is 2.77. The Morgan fingerprint density at radius 1 is 1.14 bits per heavy atom. The molecule has 0 fully saturated rings. The van der Waals surface area contributed by atoms with Crippen molar-refractivity contribution in [1.82, 2.24) is 0 Å². The molecule has 0 aliphatic carbocycles. The maximum atomic E-state index is 12.1. The standard InChI is InChI=1S/C17H15NO3/c1-10-8-11(2)14-13(9-10)18-16(19)15(14)21-17(20)12-6-4-3-5-7-12/h3-9,15H,1-2H3,(H,18,19). The molecule has 1 aliphatic rings. The Morgan fingerprint density at radius 2 is 1.86 bits per heavy atom. The maximum absolute atomic E-state index is 12.1. The molecule has 1 amide bonds. The van der Waals surface area contributed by atoms with E-state index in [0.717, 1.165) is 22.4 Å². The van der Waals surface area contributed by atoms with Gasteiger partial charge in [-0.25, -0.2) is 4.79 Å². The van der Waals surface area contributed by atoms with Gasteiger partial charge in [-0.3, -0.25) is 4.79 Å². The Labute approximate surface area is 122 Å². The van der Waals surface area contributed by atoms with Gasteiger partial charge >= 0.3 is 5.97 Å². The van der Waals surface area contributed by atoms with Crippen LogP contribution in [0.2, 0.25) is 0 Å². The second kappa shape index (κ2) is 5.05. The van der Waals surface area contributed by atoms with Crippen LogP contribution in [0.15, 0.2) is 42.5 Å². The van der Waals surface area contributed by atoms with Gasteiger partial charge in [0.1, 0.15) is 0 Å². The van der Waals surface area contributed by atoms with Crippen LogP contribution in [-0.4, -0.2) is 11.9 Å². The summed E-state index contributed by atoms with van der Waals surface area (Å²) in [4.78, 5) is 24.2. The van der Waals surface area contributed by atoms with Crippen molar-refractivity contribution in [3.05, 3.63) is 64.7 Å². The number of amides is 1. The minimum atomic E-state index is -0.881. The summed E-state index contributed by atoms with van der Waals surface area (Å²) in [6, 6.07) is 12.5. The Balaban J connectivity index is 1.91. The second-order valence-electron chi connectivity index (χ2n) is 5.18. The highest BCUT2D eigenvalue weighted by Crippen LogP contribution is 2.37. The number of esters is 1. The minimum absolute atomic E-state index is 0.303. The molecule has 1 atom stereocenters. The molecule has 0 saturated heterocycles. The van der Waals surface area contributed by atoms with Gasteiger partial charge in [0.25, 0.3) is 5.91 Å². The van der Waals surface area contributed by atoms with Crippen molar-refractivity contribution in [2.45, 2.75) is 20.0 Å². The van der Waals surface area contributed by atoms with E-state index >= 15 is 0 Å². The van der Waals surface area contributed by atoms with Crippen LogP contribution in [0.1, 0.15) is 33.2 Å². The quantitative estimate of drug-likeness (QED) is 0.860. The lowest BCUT2D eigenvalue weighted by atomic mass is 10.0. The Hall–Kier alpha value is -2.62. The zero-order valence-electron chi connectivity index (χ0n) is 11.8. The third kappa shape index (κ3) is 2.40. The number of carbonyl (C=O) groups excluding carboxylic acids is 2. The molecule has 21 heavy (non-hydrogen) atoms. The summed E-state index contributed by atoms with van der Waals surface area (Å²) in [6.45, 7) is 3.87. The van der Waals surface area contributed by atoms with Gasteiger partial charge in [-0.15, -0.1) is 0 Å². The lowest BCUT2D eigenvalue weighted by molar-refractivity contribution is -0.124. The van der Waals surface area contributed by atoms with Gasteiger partial charge in [0, 0.05) is 11.3 Å². The van der Waals surface area contributed by atoms with Crippen LogP contribution in [0.5, 0.6) is 0 Å². The zero-order chi connectivity index (χ0) is 15.0. The smallest absolute Gasteiger partial charge is 0.339 e. The van der Waals surface area contributed by atoms with Gasteiger partial charge in [0.05, 0.1) is 5.56 Å². The number of benzene rings is 2. The van der Waals surface area contributed by atoms with Crippen LogP contribution in [0.25, 0.3) is 0 Å². The van der Waals surface area contributed by atoms with E-state index in [1.165, 1.54) is 0 Å². The highest BCUT2D eigenvalue weighted by atomic mass is 16.5. The summed E-state index contributed by atoms with van der Waals surface area (Å²) < 4.78 is 5.41. The van der Waals surface area contributed by atoms with E-state index in [-0.39, 0.29) is 5.91 Å². The monoisotopic (exact) mass is 281 g/mol. The van der Waals surface area contributed by atoms with E-state index in [4.69, 9.17) is 4.74 Å².